The van der Waals surface area contributed by atoms with E-state index in [-0.39, 0.29) is 11.1 Å². The van der Waals surface area contributed by atoms with Crippen LogP contribution in [-0.4, -0.2) is 22.6 Å². The van der Waals surface area contributed by atoms with E-state index in [4.69, 9.17) is 4.74 Å². The van der Waals surface area contributed by atoms with Gasteiger partial charge in [-0.1, -0.05) is 35.9 Å². The Morgan fingerprint density at radius 2 is 1.88 bits per heavy atom. The van der Waals surface area contributed by atoms with Crippen molar-refractivity contribution in [2.45, 2.75) is 20.5 Å². The number of rotatable bonds is 5. The molecule has 0 spiro atoms. The number of halogens is 1. The lowest BCUT2D eigenvalue weighted by Crippen LogP contribution is -2.27. The number of hydrogen-bond acceptors (Lipinski definition) is 4. The van der Waals surface area contributed by atoms with Crippen molar-refractivity contribution in [2.75, 3.05) is 6.54 Å². The molecule has 2 aromatic carbocycles. The fourth-order valence-electron chi connectivity index (χ4n) is 2.49. The van der Waals surface area contributed by atoms with Crippen molar-refractivity contribution in [2.24, 2.45) is 0 Å². The van der Waals surface area contributed by atoms with Gasteiger partial charge in [0.05, 0.1) is 9.38 Å². The van der Waals surface area contributed by atoms with E-state index >= 15 is 0 Å². The van der Waals surface area contributed by atoms with Crippen LogP contribution < -0.4 is 4.74 Å². The first-order valence-corrected chi connectivity index (χ1v) is 9.82. The van der Waals surface area contributed by atoms with Gasteiger partial charge >= 0.3 is 0 Å². The van der Waals surface area contributed by atoms with Gasteiger partial charge in [-0.05, 0) is 70.9 Å². The second-order valence-corrected chi connectivity index (χ2v) is 7.74. The molecule has 134 valence electrons. The van der Waals surface area contributed by atoms with Crippen LogP contribution in [-0.2, 0) is 11.4 Å². The van der Waals surface area contributed by atoms with Crippen molar-refractivity contribution < 1.29 is 14.3 Å². The Labute approximate surface area is 165 Å². The van der Waals surface area contributed by atoms with Crippen LogP contribution in [0.1, 0.15) is 23.6 Å². The molecule has 3 rings (SSSR count). The van der Waals surface area contributed by atoms with Crippen LogP contribution in [0.3, 0.4) is 0 Å². The zero-order chi connectivity index (χ0) is 18.7. The lowest BCUT2D eigenvalue weighted by Gasteiger charge is -2.09. The molecule has 1 heterocycles. The highest BCUT2D eigenvalue weighted by Gasteiger charge is 2.33. The molecule has 2 amide bonds. The molecule has 0 saturated carbocycles. The number of amides is 2. The molecule has 0 bridgehead atoms. The van der Waals surface area contributed by atoms with Gasteiger partial charge in [-0.3, -0.25) is 14.5 Å². The molecule has 1 aliphatic rings. The summed E-state index contributed by atoms with van der Waals surface area (Å²) in [5.74, 6) is 0.489. The van der Waals surface area contributed by atoms with E-state index in [1.165, 1.54) is 10.5 Å². The molecule has 0 radical (unpaired) electrons. The maximum absolute atomic E-state index is 12.2. The Hall–Kier alpha value is -2.05. The van der Waals surface area contributed by atoms with E-state index in [0.717, 1.165) is 33.1 Å². The first kappa shape index (κ1) is 18.7. The molecule has 26 heavy (non-hydrogen) atoms. The van der Waals surface area contributed by atoms with Gasteiger partial charge in [-0.15, -0.1) is 0 Å². The van der Waals surface area contributed by atoms with Gasteiger partial charge in [0.15, 0.2) is 0 Å². The van der Waals surface area contributed by atoms with Gasteiger partial charge in [0.1, 0.15) is 12.4 Å². The van der Waals surface area contributed by atoms with Gasteiger partial charge in [0.2, 0.25) is 0 Å². The molecular formula is C20H18BrNO3S. The normalized spacial score (nSPS) is 15.8. The fraction of sp³-hybridized carbons (Fsp3) is 0.200. The standard InChI is InChI=1S/C20H18BrNO3S/c1-3-22-19(23)18(26-20(22)24)11-15-8-9-17(16(21)10-15)25-12-14-6-4-13(2)5-7-14/h4-11H,3,12H2,1-2H3. The Morgan fingerprint density at radius 3 is 2.50 bits per heavy atom. The number of likely N-dealkylation sites (N-methyl/N-ethyl adjacent to an activating group) is 1. The smallest absolute Gasteiger partial charge is 0.293 e. The minimum atomic E-state index is -0.238. The minimum absolute atomic E-state index is 0.221. The molecule has 6 heteroatoms. The van der Waals surface area contributed by atoms with Gasteiger partial charge in [0, 0.05) is 6.54 Å². The third-order valence-corrected chi connectivity index (χ3v) is 5.49. The summed E-state index contributed by atoms with van der Waals surface area (Å²) in [4.78, 5) is 25.6. The number of ether oxygens (including phenoxy) is 1. The number of hydrogen-bond donors (Lipinski definition) is 0. The molecule has 0 atom stereocenters. The predicted molar refractivity (Wildman–Crippen MR) is 108 cm³/mol. The average Bonchev–Trinajstić information content (AvgIpc) is 2.88. The Kier molecular flexibility index (Phi) is 5.84. The fourth-order valence-corrected chi connectivity index (χ4v) is 3.91. The van der Waals surface area contributed by atoms with Crippen molar-refractivity contribution in [3.05, 3.63) is 68.5 Å². The van der Waals surface area contributed by atoms with Crippen molar-refractivity contribution >= 4 is 44.9 Å². The average molecular weight is 432 g/mol. The van der Waals surface area contributed by atoms with Crippen LogP contribution in [0.2, 0.25) is 0 Å². The number of nitrogens with zero attached hydrogens (tertiary/aromatic N) is 1. The maximum atomic E-state index is 12.2. The van der Waals surface area contributed by atoms with Crippen molar-refractivity contribution in [1.82, 2.24) is 4.90 Å². The lowest BCUT2D eigenvalue weighted by atomic mass is 10.1. The number of thioether (sulfide) groups is 1. The molecule has 2 aromatic rings. The third kappa shape index (κ3) is 4.19. The van der Waals surface area contributed by atoms with Gasteiger partial charge in [0.25, 0.3) is 11.1 Å². The second kappa shape index (κ2) is 8.10. The van der Waals surface area contributed by atoms with Gasteiger partial charge in [-0.25, -0.2) is 0 Å². The quantitative estimate of drug-likeness (QED) is 0.595. The van der Waals surface area contributed by atoms with E-state index in [1.54, 1.807) is 13.0 Å². The Bertz CT molecular complexity index is 877. The summed E-state index contributed by atoms with van der Waals surface area (Å²) in [7, 11) is 0. The molecular weight excluding hydrogens is 414 g/mol. The third-order valence-electron chi connectivity index (χ3n) is 3.96. The highest BCUT2D eigenvalue weighted by molar-refractivity contribution is 9.10. The Morgan fingerprint density at radius 1 is 1.15 bits per heavy atom. The number of carbonyl (C=O) groups excluding carboxylic acids is 2. The molecule has 0 aromatic heterocycles. The maximum Gasteiger partial charge on any atom is 0.293 e. The van der Waals surface area contributed by atoms with E-state index in [9.17, 15) is 9.59 Å². The molecule has 1 aliphatic heterocycles. The zero-order valence-corrected chi connectivity index (χ0v) is 16.9. The van der Waals surface area contributed by atoms with E-state index < -0.39 is 0 Å². The van der Waals surface area contributed by atoms with Crippen LogP contribution in [0.15, 0.2) is 51.8 Å². The van der Waals surface area contributed by atoms with E-state index in [1.807, 2.05) is 30.3 Å². The summed E-state index contributed by atoms with van der Waals surface area (Å²) in [6.45, 7) is 4.70. The largest absolute Gasteiger partial charge is 0.488 e. The van der Waals surface area contributed by atoms with E-state index in [2.05, 4.69) is 35.0 Å². The molecule has 4 nitrogen and oxygen atoms in total. The number of aryl methyl sites for hydroxylation is 1. The number of carbonyl (C=O) groups is 2. The summed E-state index contributed by atoms with van der Waals surface area (Å²) >= 11 is 4.48. The SMILES string of the molecule is CCN1C(=O)SC(=Cc2ccc(OCc3ccc(C)cc3)c(Br)c2)C1=O. The number of imide groups is 1. The lowest BCUT2D eigenvalue weighted by molar-refractivity contribution is -0.122. The first-order valence-electron chi connectivity index (χ1n) is 8.21. The minimum Gasteiger partial charge on any atom is -0.488 e. The van der Waals surface area contributed by atoms with Crippen molar-refractivity contribution in [1.29, 1.82) is 0 Å². The van der Waals surface area contributed by atoms with Crippen LogP contribution in [0.5, 0.6) is 5.75 Å². The molecule has 0 N–H and O–H groups in total. The highest BCUT2D eigenvalue weighted by atomic mass is 79.9. The van der Waals surface area contributed by atoms with Gasteiger partial charge < -0.3 is 4.74 Å². The summed E-state index contributed by atoms with van der Waals surface area (Å²) in [6.07, 6.45) is 1.73. The van der Waals surface area contributed by atoms with Gasteiger partial charge in [-0.2, -0.15) is 0 Å². The number of benzene rings is 2. The topological polar surface area (TPSA) is 46.6 Å². The molecule has 1 fully saturated rings. The van der Waals surface area contributed by atoms with Crippen molar-refractivity contribution in [3.8, 4) is 5.75 Å². The summed E-state index contributed by atoms with van der Waals surface area (Å²) in [5, 5.41) is -0.221. The van der Waals surface area contributed by atoms with Crippen LogP contribution >= 0.6 is 27.7 Å². The predicted octanol–water partition coefficient (Wildman–Crippen LogP) is 5.39. The highest BCUT2D eigenvalue weighted by Crippen LogP contribution is 2.33. The molecule has 0 unspecified atom stereocenters. The van der Waals surface area contributed by atoms with Crippen LogP contribution in [0.4, 0.5) is 4.79 Å². The monoisotopic (exact) mass is 431 g/mol. The molecule has 0 aliphatic carbocycles. The van der Waals surface area contributed by atoms with E-state index in [0.29, 0.717) is 18.1 Å². The van der Waals surface area contributed by atoms with Crippen molar-refractivity contribution in [3.63, 3.8) is 0 Å². The second-order valence-electron chi connectivity index (χ2n) is 5.89. The summed E-state index contributed by atoms with van der Waals surface area (Å²) in [6, 6.07) is 13.8. The van der Waals surface area contributed by atoms with Crippen LogP contribution in [0, 0.1) is 6.92 Å². The summed E-state index contributed by atoms with van der Waals surface area (Å²) in [5.41, 5.74) is 3.15. The summed E-state index contributed by atoms with van der Waals surface area (Å²) < 4.78 is 6.66. The zero-order valence-electron chi connectivity index (χ0n) is 14.5. The first-order chi connectivity index (χ1) is 12.5. The Balaban J connectivity index is 1.71. The van der Waals surface area contributed by atoms with Crippen LogP contribution in [0.25, 0.3) is 6.08 Å². The molecule has 1 saturated heterocycles.